The number of hydrogen-bond donors (Lipinski definition) is 1. The Balaban J connectivity index is 0.000000202. The number of aryl methyl sites for hydroxylation is 2. The van der Waals surface area contributed by atoms with Crippen LogP contribution in [0.2, 0.25) is 0 Å². The lowest BCUT2D eigenvalue weighted by atomic mass is 9.86. The number of thioether (sulfide) groups is 1. The molecule has 0 bridgehead atoms. The van der Waals surface area contributed by atoms with Gasteiger partial charge in [0, 0.05) is 32.5 Å². The fraction of sp³-hybridized carbons (Fsp3) is 0.224. The van der Waals surface area contributed by atoms with Crippen LogP contribution in [0.5, 0.6) is 0 Å². The summed E-state index contributed by atoms with van der Waals surface area (Å²) in [6, 6.07) is 32.4. The molecule has 0 unspecified atom stereocenters. The quantitative estimate of drug-likeness (QED) is 0.123. The van der Waals surface area contributed by atoms with Crippen molar-refractivity contribution in [3.05, 3.63) is 266 Å². The highest BCUT2D eigenvalue weighted by Gasteiger charge is 2.28. The number of H-pyrrole nitrogens is 1. The molecule has 0 saturated carbocycles. The topological polar surface area (TPSA) is 15.8 Å². The van der Waals surface area contributed by atoms with Gasteiger partial charge in [-0.15, -0.1) is 0 Å². The van der Waals surface area contributed by atoms with Crippen LogP contribution in [0.3, 0.4) is 0 Å². The monoisotopic (exact) mass is 926 g/mol. The van der Waals surface area contributed by atoms with E-state index in [4.69, 9.17) is 0 Å². The molecule has 0 aliphatic heterocycles. The summed E-state index contributed by atoms with van der Waals surface area (Å²) in [5.41, 5.74) is 19.4. The second-order valence-electron chi connectivity index (χ2n) is 17.9. The van der Waals surface area contributed by atoms with Gasteiger partial charge in [-0.05, 0) is 152 Å². The van der Waals surface area contributed by atoms with Crippen LogP contribution in [0.1, 0.15) is 125 Å². The van der Waals surface area contributed by atoms with Crippen molar-refractivity contribution in [1.82, 2.24) is 4.98 Å². The Morgan fingerprint density at radius 3 is 2.28 bits per heavy atom. The van der Waals surface area contributed by atoms with Crippen LogP contribution in [0, 0.1) is 13.8 Å². The molecule has 0 saturated heterocycles. The molecule has 1 nitrogen and oxygen atoms in total. The van der Waals surface area contributed by atoms with Gasteiger partial charge in [-0.25, -0.2) is 0 Å². The minimum atomic E-state index is 0.109. The number of rotatable bonds is 12. The van der Waals surface area contributed by atoms with E-state index in [1.54, 1.807) is 0 Å². The largest absolute Gasteiger partial charge is 0.355 e. The first-order valence-corrected chi connectivity index (χ1v) is 25.5. The summed E-state index contributed by atoms with van der Waals surface area (Å²) in [7, 11) is 0. The highest BCUT2D eigenvalue weighted by atomic mass is 32.2. The minimum Gasteiger partial charge on any atom is -0.355 e. The maximum atomic E-state index is 3.97. The molecule has 0 atom stereocenters. The van der Waals surface area contributed by atoms with E-state index in [1.807, 2.05) is 75.0 Å². The predicted octanol–water partition coefficient (Wildman–Crippen LogP) is 20.0. The zero-order valence-corrected chi connectivity index (χ0v) is 43.9. The first-order valence-electron chi connectivity index (χ1n) is 24.7. The first kappa shape index (κ1) is 53.3. The summed E-state index contributed by atoms with van der Waals surface area (Å²) in [5.74, 6) is 0. The Morgan fingerprint density at radius 2 is 1.57 bits per heavy atom. The third-order valence-electron chi connectivity index (χ3n) is 12.3. The molecule has 0 spiro atoms. The molecule has 0 fully saturated rings. The lowest BCUT2D eigenvalue weighted by molar-refractivity contribution is 0.682. The van der Waals surface area contributed by atoms with Gasteiger partial charge in [0.05, 0.1) is 0 Å². The molecule has 0 amide bonds. The second kappa shape index (κ2) is 26.8. The molecule has 3 aliphatic carbocycles. The van der Waals surface area contributed by atoms with E-state index in [0.29, 0.717) is 0 Å². The molecule has 1 N–H and O–H groups in total. The number of hydrogen-bond acceptors (Lipinski definition) is 1. The summed E-state index contributed by atoms with van der Waals surface area (Å²) in [6.07, 6.45) is 41.1. The Kier molecular flexibility index (Phi) is 20.7. The van der Waals surface area contributed by atoms with E-state index in [0.717, 1.165) is 25.7 Å². The van der Waals surface area contributed by atoms with Gasteiger partial charge in [-0.1, -0.05) is 234 Å². The minimum absolute atomic E-state index is 0.109. The smallest absolute Gasteiger partial charge is 0.0467 e. The van der Waals surface area contributed by atoms with E-state index in [9.17, 15) is 0 Å². The fourth-order valence-electron chi connectivity index (χ4n) is 8.62. The molecule has 1 heterocycles. The number of aromatic nitrogens is 1. The molecule has 5 aromatic rings. The highest BCUT2D eigenvalue weighted by Crippen LogP contribution is 2.42. The van der Waals surface area contributed by atoms with E-state index < -0.39 is 0 Å². The van der Waals surface area contributed by atoms with Gasteiger partial charge >= 0.3 is 0 Å². The molecule has 2 heteroatoms. The predicted molar refractivity (Wildman–Crippen MR) is 312 cm³/mol. The molecule has 354 valence electrons. The summed E-state index contributed by atoms with van der Waals surface area (Å²) in [5, 5.41) is 1.29. The van der Waals surface area contributed by atoms with Crippen molar-refractivity contribution in [1.29, 1.82) is 0 Å². The Bertz CT molecular complexity index is 2910. The van der Waals surface area contributed by atoms with Gasteiger partial charge in [0.2, 0.25) is 0 Å². The third kappa shape index (κ3) is 14.7. The molecule has 4 aromatic carbocycles. The Labute approximate surface area is 421 Å². The van der Waals surface area contributed by atoms with E-state index in [-0.39, 0.29) is 5.41 Å². The fourth-order valence-corrected chi connectivity index (χ4v) is 9.60. The summed E-state index contributed by atoms with van der Waals surface area (Å²) in [6.45, 7) is 29.1. The van der Waals surface area contributed by atoms with E-state index >= 15 is 0 Å². The molecule has 1 aromatic heterocycles. The van der Waals surface area contributed by atoms with Crippen molar-refractivity contribution in [2.75, 3.05) is 0 Å². The Hall–Kier alpha value is -6.61. The Morgan fingerprint density at radius 1 is 0.812 bits per heavy atom. The van der Waals surface area contributed by atoms with Crippen molar-refractivity contribution in [3.63, 3.8) is 0 Å². The van der Waals surface area contributed by atoms with E-state index in [1.165, 1.54) is 98.8 Å². The number of nitrogens with one attached hydrogen (secondary N) is 1. The number of aromatic amines is 1. The van der Waals surface area contributed by atoms with Gasteiger partial charge in [0.1, 0.15) is 0 Å². The standard InChI is InChI=1S/C28H27N.C24H28S.C13H14.C2H6/c1-4-20(2)23(24-13-9-8-11-21(24)3)15-10-12-22-17-18-26-25-14-6-5-7-16-27(25)29-28(26)19-22;1-6-20(25-23-10-8-7-9-18(23)3)13-12-19-16-24(4,5)22-15-17(2)11-14-21(19)22;1-3-8-12(9-4-2)13-10-6-5-7-11-13;1-2/h4,6-11,13-19,29H,1,5,12H2,2-3H3;6-7,9,11-16H,8,10H2,1-5H3;3-11H,1H2,2H3;1-2H3/b15-10-,23-20+;13-12-,20-6+;9-4-,12-8+;. The summed E-state index contributed by atoms with van der Waals surface area (Å²) >= 11 is 1.92. The van der Waals surface area contributed by atoms with Crippen LogP contribution in [0.4, 0.5) is 0 Å². The highest BCUT2D eigenvalue weighted by molar-refractivity contribution is 8.06. The van der Waals surface area contributed by atoms with Crippen molar-refractivity contribution < 1.29 is 0 Å². The first-order chi connectivity index (χ1) is 33.5. The van der Waals surface area contributed by atoms with Gasteiger partial charge < -0.3 is 4.98 Å². The van der Waals surface area contributed by atoms with Crippen LogP contribution in [-0.4, -0.2) is 4.98 Å². The number of fused-ring (bicyclic) bond motifs is 4. The van der Waals surface area contributed by atoms with E-state index in [2.05, 4.69) is 218 Å². The van der Waals surface area contributed by atoms with Gasteiger partial charge in [0.25, 0.3) is 0 Å². The molecule has 3 aliphatic rings. The normalized spacial score (nSPS) is 15.4. The van der Waals surface area contributed by atoms with Crippen LogP contribution in [0.25, 0.3) is 39.8 Å². The van der Waals surface area contributed by atoms with Crippen molar-refractivity contribution in [2.45, 2.75) is 100 Å². The third-order valence-corrected chi connectivity index (χ3v) is 13.7. The van der Waals surface area contributed by atoms with Crippen LogP contribution >= 0.6 is 11.8 Å². The molecular formula is C67H75NS. The lowest BCUT2D eigenvalue weighted by Crippen LogP contribution is -2.10. The maximum Gasteiger partial charge on any atom is 0.0467 e. The number of benzene rings is 4. The van der Waals surface area contributed by atoms with Gasteiger partial charge in [0.15, 0.2) is 0 Å². The molecule has 8 rings (SSSR count). The average molecular weight is 926 g/mol. The van der Waals surface area contributed by atoms with Crippen molar-refractivity contribution >= 4 is 51.5 Å². The SMILES string of the molecule is C/C=C(\C=C/C1=CC(C)(C)c2cc(C)ccc21)SC1=C(C)C=CCC1.C=C/C(C)=C(\C=C/Cc1ccc2c3c([nH]c2c1)C=CCC=C3)c1ccccc1C.C=C/C=C(\C=C/C)c1ccccc1.CC. The zero-order valence-electron chi connectivity index (χ0n) is 43.1. The molecular weight excluding hydrogens is 851 g/mol. The second-order valence-corrected chi connectivity index (χ2v) is 19.0. The molecule has 69 heavy (non-hydrogen) atoms. The molecule has 0 radical (unpaired) electrons. The maximum absolute atomic E-state index is 3.97. The van der Waals surface area contributed by atoms with Crippen LogP contribution < -0.4 is 0 Å². The lowest BCUT2D eigenvalue weighted by Gasteiger charge is -2.17. The summed E-state index contributed by atoms with van der Waals surface area (Å²) < 4.78 is 0. The van der Waals surface area contributed by atoms with Crippen molar-refractivity contribution in [2.24, 2.45) is 0 Å². The van der Waals surface area contributed by atoms with Gasteiger partial charge in [-0.3, -0.25) is 0 Å². The average Bonchev–Trinajstić information content (AvgIpc) is 3.72. The summed E-state index contributed by atoms with van der Waals surface area (Å²) in [4.78, 5) is 6.39. The van der Waals surface area contributed by atoms with Gasteiger partial charge in [-0.2, -0.15) is 0 Å². The van der Waals surface area contributed by atoms with Crippen molar-refractivity contribution in [3.8, 4) is 0 Å². The van der Waals surface area contributed by atoms with Crippen LogP contribution in [-0.2, 0) is 11.8 Å². The van der Waals surface area contributed by atoms with Crippen LogP contribution in [0.15, 0.2) is 216 Å². The number of allylic oxidation sites excluding steroid dienone is 21. The zero-order chi connectivity index (χ0) is 49.8.